The van der Waals surface area contributed by atoms with Crippen LogP contribution in [0.15, 0.2) is 22.7 Å². The fourth-order valence-electron chi connectivity index (χ4n) is 2.20. The van der Waals surface area contributed by atoms with Crippen LogP contribution in [0.4, 0.5) is 0 Å². The Kier molecular flexibility index (Phi) is 4.42. The SMILES string of the molecule is COc1ccc(Br)c(CN2CCN[C@@H](C)C2)c1. The van der Waals surface area contributed by atoms with Crippen LogP contribution < -0.4 is 10.1 Å². The van der Waals surface area contributed by atoms with Gasteiger partial charge in [0.25, 0.3) is 0 Å². The van der Waals surface area contributed by atoms with Crippen LogP contribution in [0.2, 0.25) is 0 Å². The first-order valence-electron chi connectivity index (χ1n) is 5.97. The number of rotatable bonds is 3. The second-order valence-corrected chi connectivity index (χ2v) is 5.40. The first-order valence-corrected chi connectivity index (χ1v) is 6.76. The lowest BCUT2D eigenvalue weighted by Gasteiger charge is -2.32. The van der Waals surface area contributed by atoms with Gasteiger partial charge in [0.1, 0.15) is 5.75 Å². The molecule has 0 bridgehead atoms. The summed E-state index contributed by atoms with van der Waals surface area (Å²) in [6.45, 7) is 6.48. The Morgan fingerprint density at radius 1 is 1.53 bits per heavy atom. The van der Waals surface area contributed by atoms with Crippen molar-refractivity contribution in [3.05, 3.63) is 28.2 Å². The fraction of sp³-hybridized carbons (Fsp3) is 0.538. The third kappa shape index (κ3) is 3.44. The van der Waals surface area contributed by atoms with Crippen molar-refractivity contribution in [2.24, 2.45) is 0 Å². The Hall–Kier alpha value is -0.580. The average molecular weight is 299 g/mol. The molecule has 1 aliphatic rings. The van der Waals surface area contributed by atoms with Crippen LogP contribution in [0.1, 0.15) is 12.5 Å². The molecule has 0 radical (unpaired) electrons. The van der Waals surface area contributed by atoms with Crippen LogP contribution in [0.5, 0.6) is 5.75 Å². The highest BCUT2D eigenvalue weighted by molar-refractivity contribution is 9.10. The van der Waals surface area contributed by atoms with E-state index in [1.165, 1.54) is 5.56 Å². The largest absolute Gasteiger partial charge is 0.497 e. The van der Waals surface area contributed by atoms with Crippen LogP contribution in [-0.4, -0.2) is 37.7 Å². The molecular weight excluding hydrogens is 280 g/mol. The van der Waals surface area contributed by atoms with E-state index >= 15 is 0 Å². The van der Waals surface area contributed by atoms with E-state index < -0.39 is 0 Å². The Bertz CT molecular complexity index is 384. The number of piperazine rings is 1. The zero-order valence-electron chi connectivity index (χ0n) is 10.4. The van der Waals surface area contributed by atoms with Gasteiger partial charge in [-0.3, -0.25) is 4.90 Å². The number of hydrogen-bond donors (Lipinski definition) is 1. The van der Waals surface area contributed by atoms with Crippen molar-refractivity contribution in [3.63, 3.8) is 0 Å². The predicted molar refractivity (Wildman–Crippen MR) is 73.4 cm³/mol. The Labute approximate surface area is 111 Å². The van der Waals surface area contributed by atoms with E-state index in [1.54, 1.807) is 7.11 Å². The first kappa shape index (κ1) is 12.9. The van der Waals surface area contributed by atoms with Gasteiger partial charge in [0, 0.05) is 36.7 Å². The maximum atomic E-state index is 5.27. The van der Waals surface area contributed by atoms with Gasteiger partial charge >= 0.3 is 0 Å². The molecule has 94 valence electrons. The van der Waals surface area contributed by atoms with Gasteiger partial charge in [-0.05, 0) is 30.7 Å². The molecule has 0 amide bonds. The number of hydrogen-bond acceptors (Lipinski definition) is 3. The van der Waals surface area contributed by atoms with Gasteiger partial charge in [-0.25, -0.2) is 0 Å². The molecule has 1 atom stereocenters. The van der Waals surface area contributed by atoms with E-state index in [-0.39, 0.29) is 0 Å². The van der Waals surface area contributed by atoms with Crippen LogP contribution in [-0.2, 0) is 6.54 Å². The smallest absolute Gasteiger partial charge is 0.119 e. The van der Waals surface area contributed by atoms with Gasteiger partial charge in [0.05, 0.1) is 7.11 Å². The summed E-state index contributed by atoms with van der Waals surface area (Å²) >= 11 is 3.60. The van der Waals surface area contributed by atoms with Gasteiger partial charge in [-0.1, -0.05) is 15.9 Å². The van der Waals surface area contributed by atoms with Crippen LogP contribution in [0, 0.1) is 0 Å². The zero-order chi connectivity index (χ0) is 12.3. The van der Waals surface area contributed by atoms with Crippen molar-refractivity contribution >= 4 is 15.9 Å². The normalized spacial score (nSPS) is 21.5. The molecule has 1 N–H and O–H groups in total. The summed E-state index contributed by atoms with van der Waals surface area (Å²) in [7, 11) is 1.71. The minimum atomic E-state index is 0.577. The number of benzene rings is 1. The molecule has 1 aliphatic heterocycles. The third-order valence-electron chi connectivity index (χ3n) is 3.10. The van der Waals surface area contributed by atoms with Gasteiger partial charge in [0.15, 0.2) is 0 Å². The van der Waals surface area contributed by atoms with Crippen molar-refractivity contribution in [2.75, 3.05) is 26.7 Å². The Morgan fingerprint density at radius 3 is 3.06 bits per heavy atom. The Morgan fingerprint density at radius 2 is 2.35 bits per heavy atom. The Balaban J connectivity index is 2.06. The summed E-state index contributed by atoms with van der Waals surface area (Å²) in [5.41, 5.74) is 1.29. The molecule has 2 rings (SSSR count). The summed E-state index contributed by atoms with van der Waals surface area (Å²) in [5, 5.41) is 3.46. The first-order chi connectivity index (χ1) is 8.19. The molecule has 1 heterocycles. The van der Waals surface area contributed by atoms with Crippen molar-refractivity contribution < 1.29 is 4.74 Å². The van der Waals surface area contributed by atoms with Gasteiger partial charge in [-0.15, -0.1) is 0 Å². The molecule has 1 aromatic carbocycles. The van der Waals surface area contributed by atoms with E-state index in [4.69, 9.17) is 4.74 Å². The molecule has 0 aromatic heterocycles. The van der Waals surface area contributed by atoms with E-state index in [1.807, 2.05) is 6.07 Å². The van der Waals surface area contributed by atoms with Crippen molar-refractivity contribution in [2.45, 2.75) is 19.5 Å². The number of nitrogens with zero attached hydrogens (tertiary/aromatic N) is 1. The van der Waals surface area contributed by atoms with Crippen molar-refractivity contribution in [1.29, 1.82) is 0 Å². The second-order valence-electron chi connectivity index (χ2n) is 4.55. The van der Waals surface area contributed by atoms with Crippen LogP contribution in [0.25, 0.3) is 0 Å². The standard InChI is InChI=1S/C13H19BrN2O/c1-10-8-16(6-5-15-10)9-11-7-12(17-2)3-4-13(11)14/h3-4,7,10,15H,5-6,8-9H2,1-2H3/t10-/m0/s1. The zero-order valence-corrected chi connectivity index (χ0v) is 12.0. The minimum absolute atomic E-state index is 0.577. The number of nitrogens with one attached hydrogen (secondary N) is 1. The molecule has 1 fully saturated rings. The molecule has 4 heteroatoms. The molecular formula is C13H19BrN2O. The molecule has 0 spiro atoms. The summed E-state index contributed by atoms with van der Waals surface area (Å²) in [4.78, 5) is 2.47. The summed E-state index contributed by atoms with van der Waals surface area (Å²) in [6.07, 6.45) is 0. The molecule has 0 aliphatic carbocycles. The third-order valence-corrected chi connectivity index (χ3v) is 3.87. The van der Waals surface area contributed by atoms with Crippen LogP contribution >= 0.6 is 15.9 Å². The number of ether oxygens (including phenoxy) is 1. The van der Waals surface area contributed by atoms with Crippen molar-refractivity contribution in [1.82, 2.24) is 10.2 Å². The highest BCUT2D eigenvalue weighted by Gasteiger charge is 2.16. The predicted octanol–water partition coefficient (Wildman–Crippen LogP) is 2.25. The van der Waals surface area contributed by atoms with E-state index in [0.717, 1.165) is 36.4 Å². The summed E-state index contributed by atoms with van der Waals surface area (Å²) < 4.78 is 6.43. The van der Waals surface area contributed by atoms with Gasteiger partial charge in [-0.2, -0.15) is 0 Å². The molecule has 0 unspecified atom stereocenters. The molecule has 3 nitrogen and oxygen atoms in total. The minimum Gasteiger partial charge on any atom is -0.497 e. The molecule has 1 aromatic rings. The quantitative estimate of drug-likeness (QED) is 0.926. The monoisotopic (exact) mass is 298 g/mol. The lowest BCUT2D eigenvalue weighted by atomic mass is 10.1. The lowest BCUT2D eigenvalue weighted by molar-refractivity contribution is 0.199. The maximum Gasteiger partial charge on any atom is 0.119 e. The number of methoxy groups -OCH3 is 1. The van der Waals surface area contributed by atoms with E-state index in [2.05, 4.69) is 45.2 Å². The fourth-order valence-corrected chi connectivity index (χ4v) is 2.57. The van der Waals surface area contributed by atoms with Crippen LogP contribution in [0.3, 0.4) is 0 Å². The van der Waals surface area contributed by atoms with E-state index in [0.29, 0.717) is 6.04 Å². The summed E-state index contributed by atoms with van der Waals surface area (Å²) in [6, 6.07) is 6.72. The second kappa shape index (κ2) is 5.85. The topological polar surface area (TPSA) is 24.5 Å². The molecule has 17 heavy (non-hydrogen) atoms. The average Bonchev–Trinajstić information content (AvgIpc) is 2.32. The highest BCUT2D eigenvalue weighted by Crippen LogP contribution is 2.24. The molecule has 1 saturated heterocycles. The summed E-state index contributed by atoms with van der Waals surface area (Å²) in [5.74, 6) is 0.923. The lowest BCUT2D eigenvalue weighted by Crippen LogP contribution is -2.48. The van der Waals surface area contributed by atoms with Gasteiger partial charge in [0.2, 0.25) is 0 Å². The molecule has 0 saturated carbocycles. The van der Waals surface area contributed by atoms with E-state index in [9.17, 15) is 0 Å². The number of halogens is 1. The maximum absolute atomic E-state index is 5.27. The highest BCUT2D eigenvalue weighted by atomic mass is 79.9. The van der Waals surface area contributed by atoms with Crippen molar-refractivity contribution in [3.8, 4) is 5.75 Å². The van der Waals surface area contributed by atoms with Gasteiger partial charge < -0.3 is 10.1 Å².